The van der Waals surface area contributed by atoms with E-state index in [1.54, 1.807) is 11.1 Å². The number of rotatable bonds is 5. The summed E-state index contributed by atoms with van der Waals surface area (Å²) in [6, 6.07) is 64.5. The lowest BCUT2D eigenvalue weighted by Crippen LogP contribution is -2.61. The first-order valence-electron chi connectivity index (χ1n) is 26.8. The van der Waals surface area contributed by atoms with Gasteiger partial charge < -0.3 is 9.38 Å². The van der Waals surface area contributed by atoms with E-state index in [0.717, 1.165) is 35.5 Å². The average Bonchev–Trinajstić information content (AvgIpc) is 3.71. The molecule has 8 saturated carbocycles. The molecule has 3 heteroatoms. The quantitative estimate of drug-likeness (QED) is 0.156. The van der Waals surface area contributed by atoms with Gasteiger partial charge in [-0.15, -0.1) is 0 Å². The maximum Gasteiger partial charge on any atom is 0.333 e. The summed E-state index contributed by atoms with van der Waals surface area (Å²) >= 11 is 0. The standard InChI is InChI=1S/C66H57BN2/c1-3-9-46(10-4-1)48-15-18-54(19-16-48)69-61-29-50-14-8-7-13-49(50)27-55(61)57-28-51(47-11-5-2-6-12-47)30-62-63(57)67(69)59-33-53(66-37-43-24-44(38-66)26-45(25-43)39-66)32-58-56-31-52(17-20-60(56)68(62)64(58)59)65-34-40-21-41(35-65)23-42(22-40)36-65/h1-20,27-33,40-45H,21-26,34-39H2. The lowest BCUT2D eigenvalue weighted by Gasteiger charge is -2.57. The molecule has 8 aromatic carbocycles. The Hall–Kier alpha value is -6.32. The number of nitrogens with zero attached hydrogens (tertiary/aromatic N) is 2. The number of fused-ring (bicyclic) bond motifs is 8. The second-order valence-electron chi connectivity index (χ2n) is 24.1. The molecule has 2 aliphatic heterocycles. The van der Waals surface area contributed by atoms with Gasteiger partial charge in [0.25, 0.3) is 0 Å². The van der Waals surface area contributed by atoms with Gasteiger partial charge in [-0.3, -0.25) is 0 Å². The molecule has 19 rings (SSSR count). The highest BCUT2D eigenvalue weighted by Crippen LogP contribution is 2.63. The summed E-state index contributed by atoms with van der Waals surface area (Å²) in [5.41, 5.74) is 21.3. The zero-order valence-electron chi connectivity index (χ0n) is 39.5. The van der Waals surface area contributed by atoms with Gasteiger partial charge >= 0.3 is 6.85 Å². The molecule has 0 saturated heterocycles. The van der Waals surface area contributed by atoms with Crippen molar-refractivity contribution in [2.24, 2.45) is 35.5 Å². The van der Waals surface area contributed by atoms with Crippen LogP contribution in [0.4, 0.5) is 11.4 Å². The predicted octanol–water partition coefficient (Wildman–Crippen LogP) is 15.4. The zero-order chi connectivity index (χ0) is 44.7. The average molecular weight is 889 g/mol. The summed E-state index contributed by atoms with van der Waals surface area (Å²) < 4.78 is 2.78. The highest BCUT2D eigenvalue weighted by Gasteiger charge is 2.54. The van der Waals surface area contributed by atoms with Crippen molar-refractivity contribution >= 4 is 61.7 Å². The molecule has 8 aliphatic carbocycles. The minimum Gasteiger partial charge on any atom is -0.376 e. The van der Waals surface area contributed by atoms with Crippen molar-refractivity contribution in [3.05, 3.63) is 175 Å². The number of aromatic nitrogens is 1. The Kier molecular flexibility index (Phi) is 7.66. The SMILES string of the molecule is c1ccc(-c2ccc(N3B4c5c(cc(-c6ccccc6)cc5-n5c6ccc(C78CC9CC(CC(C9)C7)C8)cc6c6cc(C78CC9CC(CC(C9)C7)C8)cc4c65)-c4cc5ccccc5cc43)cc2)cc1. The van der Waals surface area contributed by atoms with Gasteiger partial charge in [-0.05, 0) is 239 Å². The van der Waals surface area contributed by atoms with Crippen molar-refractivity contribution in [3.8, 4) is 39.1 Å². The minimum absolute atomic E-state index is 0.00754. The molecule has 0 atom stereocenters. The molecule has 0 radical (unpaired) electrons. The van der Waals surface area contributed by atoms with Crippen molar-refractivity contribution in [1.82, 2.24) is 4.57 Å². The van der Waals surface area contributed by atoms with Gasteiger partial charge in [-0.25, -0.2) is 0 Å². The fourth-order valence-electron chi connectivity index (χ4n) is 18.3. The Morgan fingerprint density at radius 2 is 0.942 bits per heavy atom. The van der Waals surface area contributed by atoms with E-state index in [-0.39, 0.29) is 12.3 Å². The van der Waals surface area contributed by atoms with Crippen LogP contribution >= 0.6 is 0 Å². The van der Waals surface area contributed by atoms with E-state index >= 15 is 0 Å². The fraction of sp³-hybridized carbons (Fsp3) is 0.303. The molecule has 8 fully saturated rings. The van der Waals surface area contributed by atoms with Gasteiger partial charge in [0.05, 0.1) is 11.0 Å². The molecular weight excluding hydrogens is 832 g/mol. The van der Waals surface area contributed by atoms with Gasteiger partial charge in [0.1, 0.15) is 0 Å². The second kappa shape index (κ2) is 13.7. The number of hydrogen-bond donors (Lipinski definition) is 0. The summed E-state index contributed by atoms with van der Waals surface area (Å²) in [4.78, 5) is 2.78. The molecule has 3 heterocycles. The molecule has 0 spiro atoms. The molecule has 9 aromatic rings. The third kappa shape index (κ3) is 5.40. The van der Waals surface area contributed by atoms with E-state index in [4.69, 9.17) is 0 Å². The van der Waals surface area contributed by atoms with E-state index in [1.807, 2.05) is 0 Å². The van der Waals surface area contributed by atoms with Crippen LogP contribution in [0.15, 0.2) is 164 Å². The number of hydrogen-bond acceptors (Lipinski definition) is 1. The third-order valence-electron chi connectivity index (χ3n) is 20.2. The molecule has 0 unspecified atom stereocenters. The molecule has 10 aliphatic rings. The fourth-order valence-corrected chi connectivity index (χ4v) is 18.3. The molecule has 2 nitrogen and oxygen atoms in total. The largest absolute Gasteiger partial charge is 0.376 e. The van der Waals surface area contributed by atoms with Crippen LogP contribution in [0.25, 0.3) is 71.6 Å². The normalized spacial score (nSPS) is 28.5. The zero-order valence-corrected chi connectivity index (χ0v) is 39.5. The third-order valence-corrected chi connectivity index (χ3v) is 20.2. The van der Waals surface area contributed by atoms with Crippen LogP contribution in [0, 0.1) is 35.5 Å². The van der Waals surface area contributed by atoms with Gasteiger partial charge in [0, 0.05) is 33.4 Å². The Bertz CT molecular complexity index is 3570. The smallest absolute Gasteiger partial charge is 0.333 e. The lowest BCUT2D eigenvalue weighted by atomic mass is 9.42. The van der Waals surface area contributed by atoms with Crippen LogP contribution in [0.1, 0.15) is 88.2 Å². The Labute approximate surface area is 406 Å². The molecule has 1 aromatic heterocycles. The highest BCUT2D eigenvalue weighted by atomic mass is 15.1. The Balaban J connectivity index is 0.985. The van der Waals surface area contributed by atoms with Crippen molar-refractivity contribution in [2.75, 3.05) is 4.81 Å². The minimum atomic E-state index is -0.00754. The van der Waals surface area contributed by atoms with Crippen LogP contribution in [0.5, 0.6) is 0 Å². The Morgan fingerprint density at radius 3 is 1.57 bits per heavy atom. The molecule has 8 bridgehead atoms. The van der Waals surface area contributed by atoms with Gasteiger partial charge in [0.2, 0.25) is 0 Å². The van der Waals surface area contributed by atoms with Gasteiger partial charge in [-0.1, -0.05) is 109 Å². The summed E-state index contributed by atoms with van der Waals surface area (Å²) in [6.45, 7) is -0.00754. The van der Waals surface area contributed by atoms with E-state index in [2.05, 4.69) is 173 Å². The summed E-state index contributed by atoms with van der Waals surface area (Å²) in [6.07, 6.45) is 17.1. The van der Waals surface area contributed by atoms with Crippen molar-refractivity contribution in [2.45, 2.75) is 87.9 Å². The maximum atomic E-state index is 2.81. The highest BCUT2D eigenvalue weighted by molar-refractivity contribution is 6.93. The summed E-state index contributed by atoms with van der Waals surface area (Å²) in [5.74, 6) is 5.39. The van der Waals surface area contributed by atoms with E-state index in [1.165, 1.54) is 171 Å². The number of anilines is 2. The van der Waals surface area contributed by atoms with Crippen LogP contribution in [-0.4, -0.2) is 11.4 Å². The van der Waals surface area contributed by atoms with Crippen LogP contribution in [0.2, 0.25) is 0 Å². The molecule has 0 N–H and O–H groups in total. The molecule has 0 amide bonds. The monoisotopic (exact) mass is 888 g/mol. The number of benzene rings is 8. The van der Waals surface area contributed by atoms with E-state index in [9.17, 15) is 0 Å². The predicted molar refractivity (Wildman–Crippen MR) is 288 cm³/mol. The van der Waals surface area contributed by atoms with Crippen LogP contribution in [-0.2, 0) is 10.8 Å². The second-order valence-corrected chi connectivity index (χ2v) is 24.1. The summed E-state index contributed by atoms with van der Waals surface area (Å²) in [7, 11) is 0. The maximum absolute atomic E-state index is 2.81. The van der Waals surface area contributed by atoms with Crippen LogP contribution < -0.4 is 15.7 Å². The first-order chi connectivity index (χ1) is 34.0. The molecule has 69 heavy (non-hydrogen) atoms. The van der Waals surface area contributed by atoms with E-state index in [0.29, 0.717) is 5.41 Å². The van der Waals surface area contributed by atoms with Gasteiger partial charge in [0.15, 0.2) is 0 Å². The lowest BCUT2D eigenvalue weighted by molar-refractivity contribution is -0.00526. The topological polar surface area (TPSA) is 8.17 Å². The van der Waals surface area contributed by atoms with Gasteiger partial charge in [-0.2, -0.15) is 0 Å². The van der Waals surface area contributed by atoms with Crippen molar-refractivity contribution in [3.63, 3.8) is 0 Å². The van der Waals surface area contributed by atoms with Crippen LogP contribution in [0.3, 0.4) is 0 Å². The molecular formula is C66H57BN2. The molecule has 334 valence electrons. The first kappa shape index (κ1) is 38.5. The Morgan fingerprint density at radius 1 is 0.406 bits per heavy atom. The van der Waals surface area contributed by atoms with E-state index < -0.39 is 0 Å². The van der Waals surface area contributed by atoms with Crippen molar-refractivity contribution < 1.29 is 0 Å². The van der Waals surface area contributed by atoms with Crippen molar-refractivity contribution in [1.29, 1.82) is 0 Å². The first-order valence-corrected chi connectivity index (χ1v) is 26.8. The summed E-state index contributed by atoms with van der Waals surface area (Å²) in [5, 5.41) is 5.57.